The van der Waals surface area contributed by atoms with Crippen molar-refractivity contribution in [3.05, 3.63) is 47.3 Å². The normalized spacial score (nSPS) is 20.9. The van der Waals surface area contributed by atoms with Crippen molar-refractivity contribution in [3.8, 4) is 0 Å². The molecule has 1 aromatic carbocycles. The summed E-state index contributed by atoms with van der Waals surface area (Å²) in [5.41, 5.74) is 0.0512. The number of allylic oxidation sites excluding steroid dienone is 2. The van der Waals surface area contributed by atoms with Gasteiger partial charge >= 0.3 is 5.97 Å². The number of nitrogens with zero attached hydrogens (tertiary/aromatic N) is 1. The molecule has 1 aromatic rings. The molecule has 1 amide bonds. The van der Waals surface area contributed by atoms with Gasteiger partial charge in [-0.1, -0.05) is 23.8 Å². The highest BCUT2D eigenvalue weighted by molar-refractivity contribution is 5.95. The van der Waals surface area contributed by atoms with Crippen LogP contribution in [0.2, 0.25) is 0 Å². The quantitative estimate of drug-likeness (QED) is 0.864. The lowest BCUT2D eigenvalue weighted by Crippen LogP contribution is -2.50. The molecular weight excluding hydrogens is 297 g/mol. The molecule has 1 N–H and O–H groups in total. The van der Waals surface area contributed by atoms with E-state index in [1.165, 1.54) is 23.1 Å². The van der Waals surface area contributed by atoms with E-state index >= 15 is 0 Å². The summed E-state index contributed by atoms with van der Waals surface area (Å²) in [6.07, 6.45) is 3.40. The maximum absolute atomic E-state index is 13.8. The van der Waals surface area contributed by atoms with Gasteiger partial charge in [-0.15, -0.1) is 0 Å². The number of rotatable bonds is 4. The summed E-state index contributed by atoms with van der Waals surface area (Å²) in [5, 5.41) is 9.69. The minimum Gasteiger partial charge on any atom is -0.481 e. The number of likely N-dealkylation sites (tertiary alicyclic amines) is 1. The van der Waals surface area contributed by atoms with Gasteiger partial charge in [-0.25, -0.2) is 4.39 Å². The molecule has 0 radical (unpaired) electrons. The number of amides is 1. The van der Waals surface area contributed by atoms with Gasteiger partial charge in [-0.2, -0.15) is 0 Å². The van der Waals surface area contributed by atoms with Crippen LogP contribution in [-0.2, 0) is 4.79 Å². The maximum Gasteiger partial charge on any atom is 0.311 e. The Morgan fingerprint density at radius 2 is 2.04 bits per heavy atom. The fourth-order valence-electron chi connectivity index (χ4n) is 2.94. The fourth-order valence-corrected chi connectivity index (χ4v) is 2.94. The zero-order valence-electron chi connectivity index (χ0n) is 13.5. The summed E-state index contributed by atoms with van der Waals surface area (Å²) >= 11 is 0. The molecule has 4 nitrogen and oxygen atoms in total. The van der Waals surface area contributed by atoms with Crippen LogP contribution in [0.4, 0.5) is 4.39 Å². The topological polar surface area (TPSA) is 57.6 Å². The van der Waals surface area contributed by atoms with Gasteiger partial charge in [0, 0.05) is 13.1 Å². The molecular formula is C18H22FNO3. The number of carbonyl (C=O) groups is 2. The molecule has 0 bridgehead atoms. The first-order valence-electron chi connectivity index (χ1n) is 7.76. The summed E-state index contributed by atoms with van der Waals surface area (Å²) in [4.78, 5) is 25.8. The fraction of sp³-hybridized carbons (Fsp3) is 0.444. The van der Waals surface area contributed by atoms with E-state index in [1.807, 2.05) is 19.9 Å². The first kappa shape index (κ1) is 17.2. The highest BCUT2D eigenvalue weighted by Gasteiger charge is 2.43. The second-order valence-electron chi connectivity index (χ2n) is 6.38. The average Bonchev–Trinajstić information content (AvgIpc) is 2.53. The minimum atomic E-state index is -0.990. The summed E-state index contributed by atoms with van der Waals surface area (Å²) in [5.74, 6) is -1.92. The van der Waals surface area contributed by atoms with E-state index in [1.54, 1.807) is 6.07 Å². The van der Waals surface area contributed by atoms with Crippen LogP contribution >= 0.6 is 0 Å². The number of hydrogen-bond acceptors (Lipinski definition) is 2. The standard InChI is InChI=1S/C18H22FNO3/c1-13(2)8-10-18(17(22)23)9-5-11-20(12-18)16(21)14-6-3-4-7-15(14)19/h3-4,6-8H,5,9-12H2,1-2H3,(H,22,23). The molecule has 23 heavy (non-hydrogen) atoms. The molecule has 0 aliphatic carbocycles. The first-order chi connectivity index (χ1) is 10.9. The molecule has 1 saturated heterocycles. The van der Waals surface area contributed by atoms with Crippen molar-refractivity contribution in [2.24, 2.45) is 5.41 Å². The Balaban J connectivity index is 2.25. The van der Waals surface area contributed by atoms with Crippen LogP contribution in [0.25, 0.3) is 0 Å². The largest absolute Gasteiger partial charge is 0.481 e. The minimum absolute atomic E-state index is 0.00379. The molecule has 1 aliphatic rings. The van der Waals surface area contributed by atoms with Gasteiger partial charge in [0.15, 0.2) is 0 Å². The van der Waals surface area contributed by atoms with Gasteiger partial charge in [-0.3, -0.25) is 9.59 Å². The van der Waals surface area contributed by atoms with Crippen LogP contribution in [0.3, 0.4) is 0 Å². The van der Waals surface area contributed by atoms with E-state index in [0.29, 0.717) is 25.8 Å². The second-order valence-corrected chi connectivity index (χ2v) is 6.38. The lowest BCUT2D eigenvalue weighted by molar-refractivity contribution is -0.151. The van der Waals surface area contributed by atoms with Gasteiger partial charge < -0.3 is 10.0 Å². The Hall–Kier alpha value is -2.17. The number of carbonyl (C=O) groups excluding carboxylic acids is 1. The average molecular weight is 319 g/mol. The van der Waals surface area contributed by atoms with E-state index < -0.39 is 23.1 Å². The third kappa shape index (κ3) is 3.78. The lowest BCUT2D eigenvalue weighted by Gasteiger charge is -2.39. The molecule has 0 saturated carbocycles. The Kier molecular flexibility index (Phi) is 5.19. The molecule has 1 heterocycles. The summed E-state index contributed by atoms with van der Waals surface area (Å²) in [6, 6.07) is 5.81. The molecule has 1 aliphatic heterocycles. The van der Waals surface area contributed by atoms with E-state index in [9.17, 15) is 19.1 Å². The Labute approximate surface area is 135 Å². The van der Waals surface area contributed by atoms with Gasteiger partial charge in [0.05, 0.1) is 11.0 Å². The van der Waals surface area contributed by atoms with Crippen molar-refractivity contribution >= 4 is 11.9 Å². The highest BCUT2D eigenvalue weighted by Crippen LogP contribution is 2.35. The van der Waals surface area contributed by atoms with Crippen molar-refractivity contribution in [2.45, 2.75) is 33.1 Å². The molecule has 1 fully saturated rings. The maximum atomic E-state index is 13.8. The number of benzene rings is 1. The summed E-state index contributed by atoms with van der Waals surface area (Å²) < 4.78 is 13.8. The van der Waals surface area contributed by atoms with Gasteiger partial charge in [-0.05, 0) is 45.2 Å². The number of carboxylic acid groups (broad SMARTS) is 1. The zero-order chi connectivity index (χ0) is 17.0. The Bertz CT molecular complexity index is 637. The molecule has 0 aromatic heterocycles. The van der Waals surface area contributed by atoms with Gasteiger partial charge in [0.25, 0.3) is 5.91 Å². The predicted molar refractivity (Wildman–Crippen MR) is 85.7 cm³/mol. The number of piperidine rings is 1. The number of halogens is 1. The molecule has 1 atom stereocenters. The summed E-state index contributed by atoms with van der Waals surface area (Å²) in [6.45, 7) is 4.40. The van der Waals surface area contributed by atoms with Crippen LogP contribution < -0.4 is 0 Å². The van der Waals surface area contributed by atoms with Crippen LogP contribution in [0.1, 0.15) is 43.5 Å². The van der Waals surface area contributed by atoms with E-state index in [-0.39, 0.29) is 12.1 Å². The molecule has 1 unspecified atom stereocenters. The van der Waals surface area contributed by atoms with Crippen LogP contribution in [0.15, 0.2) is 35.9 Å². The molecule has 5 heteroatoms. The first-order valence-corrected chi connectivity index (χ1v) is 7.76. The van der Waals surface area contributed by atoms with Crippen LogP contribution in [0, 0.1) is 11.2 Å². The van der Waals surface area contributed by atoms with Gasteiger partial charge in [0.1, 0.15) is 5.82 Å². The van der Waals surface area contributed by atoms with Crippen LogP contribution in [-0.4, -0.2) is 35.0 Å². The van der Waals surface area contributed by atoms with Crippen molar-refractivity contribution in [1.82, 2.24) is 4.90 Å². The number of aliphatic carboxylic acids is 1. The molecule has 124 valence electrons. The monoisotopic (exact) mass is 319 g/mol. The number of carboxylic acids is 1. The third-order valence-electron chi connectivity index (χ3n) is 4.32. The summed E-state index contributed by atoms with van der Waals surface area (Å²) in [7, 11) is 0. The molecule has 2 rings (SSSR count). The van der Waals surface area contributed by atoms with Crippen molar-refractivity contribution in [2.75, 3.05) is 13.1 Å². The molecule has 0 spiro atoms. The van der Waals surface area contributed by atoms with E-state index in [2.05, 4.69) is 0 Å². The second kappa shape index (κ2) is 6.94. The third-order valence-corrected chi connectivity index (χ3v) is 4.32. The smallest absolute Gasteiger partial charge is 0.311 e. The Morgan fingerprint density at radius 1 is 1.35 bits per heavy atom. The van der Waals surface area contributed by atoms with E-state index in [0.717, 1.165) is 5.57 Å². The zero-order valence-corrected chi connectivity index (χ0v) is 13.5. The van der Waals surface area contributed by atoms with Gasteiger partial charge in [0.2, 0.25) is 0 Å². The van der Waals surface area contributed by atoms with Crippen molar-refractivity contribution in [3.63, 3.8) is 0 Å². The highest BCUT2D eigenvalue weighted by atomic mass is 19.1. The van der Waals surface area contributed by atoms with Crippen molar-refractivity contribution < 1.29 is 19.1 Å². The predicted octanol–water partition coefficient (Wildman–Crippen LogP) is 3.49. The lowest BCUT2D eigenvalue weighted by atomic mass is 9.76. The van der Waals surface area contributed by atoms with E-state index in [4.69, 9.17) is 0 Å². The van der Waals surface area contributed by atoms with Crippen LogP contribution in [0.5, 0.6) is 0 Å². The number of hydrogen-bond donors (Lipinski definition) is 1. The Morgan fingerprint density at radius 3 is 2.65 bits per heavy atom. The SMILES string of the molecule is CC(C)=CCC1(C(=O)O)CCCN(C(=O)c2ccccc2F)C1. The van der Waals surface area contributed by atoms with Crippen molar-refractivity contribution in [1.29, 1.82) is 0 Å².